The van der Waals surface area contributed by atoms with Gasteiger partial charge in [-0.15, -0.1) is 0 Å². The van der Waals surface area contributed by atoms with Crippen molar-refractivity contribution in [3.05, 3.63) is 95.1 Å². The van der Waals surface area contributed by atoms with Crippen molar-refractivity contribution in [2.24, 2.45) is 0 Å². The van der Waals surface area contributed by atoms with Crippen LogP contribution in [0.2, 0.25) is 0 Å². The summed E-state index contributed by atoms with van der Waals surface area (Å²) in [7, 11) is -1.54. The summed E-state index contributed by atoms with van der Waals surface area (Å²) >= 11 is 0. The number of amides is 2. The van der Waals surface area contributed by atoms with Crippen LogP contribution >= 0.6 is 0 Å². The minimum absolute atomic E-state index is 0.0177. The maximum absolute atomic E-state index is 13.1. The number of rotatable bonds is 5. The topological polar surface area (TPSA) is 78.5 Å². The molecular formula is C27H29N3O3S. The molecule has 0 bridgehead atoms. The summed E-state index contributed by atoms with van der Waals surface area (Å²) < 4.78 is 26.3. The van der Waals surface area contributed by atoms with Crippen molar-refractivity contribution < 1.29 is 13.2 Å². The number of hydrogen-bond donors (Lipinski definition) is 2. The van der Waals surface area contributed by atoms with Crippen LogP contribution in [0.3, 0.4) is 0 Å². The number of aryl methyl sites for hydroxylation is 1. The molecule has 34 heavy (non-hydrogen) atoms. The van der Waals surface area contributed by atoms with Gasteiger partial charge in [0.25, 0.3) is 0 Å². The van der Waals surface area contributed by atoms with Crippen LogP contribution < -0.4 is 10.6 Å². The second kappa shape index (κ2) is 9.24. The zero-order valence-electron chi connectivity index (χ0n) is 19.2. The minimum atomic E-state index is -3.49. The van der Waals surface area contributed by atoms with E-state index in [1.54, 1.807) is 24.3 Å². The molecule has 0 spiro atoms. The Hall–Kier alpha value is -3.16. The van der Waals surface area contributed by atoms with Crippen LogP contribution in [0.1, 0.15) is 47.2 Å². The fraction of sp³-hybridized carbons (Fsp3) is 0.296. The first-order chi connectivity index (χ1) is 16.4. The molecule has 1 aliphatic heterocycles. The number of benzene rings is 3. The highest BCUT2D eigenvalue weighted by Gasteiger charge is 2.32. The molecule has 0 radical (unpaired) electrons. The zero-order chi connectivity index (χ0) is 23.7. The standard InChI is InChI=1S/C27H29N3O3S/c1-30-17-20-8-3-5-11-24(20)26(30)18-34(32,33)22-15-13-21(14-16-22)28-27(31)29-25-12-6-9-19-7-2-4-10-23(19)25/h2-5,7-8,10-11,13-16,25-26H,6,9,12,17-18H2,1H3,(H2,28,29,31). The molecule has 1 aliphatic carbocycles. The van der Waals surface area contributed by atoms with E-state index in [-0.39, 0.29) is 28.8 Å². The molecule has 2 amide bonds. The van der Waals surface area contributed by atoms with Crippen molar-refractivity contribution in [1.29, 1.82) is 0 Å². The van der Waals surface area contributed by atoms with Crippen LogP contribution in [0.4, 0.5) is 10.5 Å². The highest BCUT2D eigenvalue weighted by Crippen LogP contribution is 2.34. The lowest BCUT2D eigenvalue weighted by Crippen LogP contribution is -2.34. The highest BCUT2D eigenvalue weighted by molar-refractivity contribution is 7.91. The van der Waals surface area contributed by atoms with Gasteiger partial charge in [-0.25, -0.2) is 13.2 Å². The Labute approximate surface area is 200 Å². The molecule has 5 rings (SSSR count). The van der Waals surface area contributed by atoms with E-state index in [1.807, 2.05) is 37.4 Å². The lowest BCUT2D eigenvalue weighted by Gasteiger charge is -2.26. The number of carbonyl (C=O) groups is 1. The van der Waals surface area contributed by atoms with Crippen molar-refractivity contribution in [1.82, 2.24) is 10.2 Å². The van der Waals surface area contributed by atoms with Crippen LogP contribution in [0.5, 0.6) is 0 Å². The average Bonchev–Trinajstić information content (AvgIpc) is 3.14. The van der Waals surface area contributed by atoms with E-state index in [1.165, 1.54) is 16.7 Å². The molecule has 2 N–H and O–H groups in total. The molecule has 1 heterocycles. The molecule has 3 aromatic rings. The summed E-state index contributed by atoms with van der Waals surface area (Å²) in [5, 5.41) is 5.90. The molecule has 2 atom stereocenters. The largest absolute Gasteiger partial charge is 0.331 e. The molecule has 7 heteroatoms. The first-order valence-corrected chi connectivity index (χ1v) is 13.3. The van der Waals surface area contributed by atoms with E-state index >= 15 is 0 Å². The zero-order valence-corrected chi connectivity index (χ0v) is 20.0. The third-order valence-corrected chi connectivity index (χ3v) is 8.63. The summed E-state index contributed by atoms with van der Waals surface area (Å²) in [5.74, 6) is 0.0227. The van der Waals surface area contributed by atoms with E-state index in [2.05, 4.69) is 33.7 Å². The lowest BCUT2D eigenvalue weighted by atomic mass is 9.88. The molecule has 3 aromatic carbocycles. The first-order valence-electron chi connectivity index (χ1n) is 11.7. The second-order valence-electron chi connectivity index (χ2n) is 9.18. The SMILES string of the molecule is CN1Cc2ccccc2C1CS(=O)(=O)c1ccc(NC(=O)NC2CCCc3ccccc32)cc1. The smallest absolute Gasteiger partial charge is 0.319 e. The predicted octanol–water partition coefficient (Wildman–Crippen LogP) is 4.85. The van der Waals surface area contributed by atoms with Crippen molar-refractivity contribution in [2.75, 3.05) is 18.1 Å². The number of carbonyl (C=O) groups excluding carboxylic acids is 1. The summed E-state index contributed by atoms with van der Waals surface area (Å²) in [4.78, 5) is 14.9. The van der Waals surface area contributed by atoms with Gasteiger partial charge in [0, 0.05) is 18.3 Å². The molecule has 176 valence electrons. The molecular weight excluding hydrogens is 446 g/mol. The maximum Gasteiger partial charge on any atom is 0.319 e. The van der Waals surface area contributed by atoms with Gasteiger partial charge >= 0.3 is 6.03 Å². The maximum atomic E-state index is 13.1. The number of sulfone groups is 1. The lowest BCUT2D eigenvalue weighted by molar-refractivity contribution is 0.247. The van der Waals surface area contributed by atoms with Crippen molar-refractivity contribution in [3.8, 4) is 0 Å². The summed E-state index contributed by atoms with van der Waals surface area (Å²) in [6.45, 7) is 0.750. The van der Waals surface area contributed by atoms with Gasteiger partial charge in [-0.3, -0.25) is 4.90 Å². The molecule has 2 aliphatic rings. The van der Waals surface area contributed by atoms with Gasteiger partial charge in [0.1, 0.15) is 0 Å². The summed E-state index contributed by atoms with van der Waals surface area (Å²) in [5.41, 5.74) is 5.26. The van der Waals surface area contributed by atoms with Gasteiger partial charge in [0.05, 0.1) is 16.7 Å². The van der Waals surface area contributed by atoms with Gasteiger partial charge < -0.3 is 10.6 Å². The third-order valence-electron chi connectivity index (χ3n) is 6.89. The monoisotopic (exact) mass is 475 g/mol. The molecule has 0 fully saturated rings. The van der Waals surface area contributed by atoms with Crippen molar-refractivity contribution in [3.63, 3.8) is 0 Å². The Morgan fingerprint density at radius 2 is 1.62 bits per heavy atom. The summed E-state index contributed by atoms with van der Waals surface area (Å²) in [6.07, 6.45) is 2.98. The Morgan fingerprint density at radius 1 is 0.941 bits per heavy atom. The Morgan fingerprint density at radius 3 is 2.38 bits per heavy atom. The second-order valence-corrected chi connectivity index (χ2v) is 11.2. The number of anilines is 1. The van der Waals surface area contributed by atoms with E-state index in [4.69, 9.17) is 0 Å². The van der Waals surface area contributed by atoms with E-state index in [0.717, 1.165) is 31.4 Å². The van der Waals surface area contributed by atoms with Gasteiger partial charge in [-0.05, 0) is 72.8 Å². The number of nitrogens with zero attached hydrogens (tertiary/aromatic N) is 1. The van der Waals surface area contributed by atoms with E-state index in [9.17, 15) is 13.2 Å². The van der Waals surface area contributed by atoms with Gasteiger partial charge in [-0.2, -0.15) is 0 Å². The third kappa shape index (κ3) is 4.58. The highest BCUT2D eigenvalue weighted by atomic mass is 32.2. The number of fused-ring (bicyclic) bond motifs is 2. The molecule has 6 nitrogen and oxygen atoms in total. The van der Waals surface area contributed by atoms with Crippen LogP contribution in [-0.2, 0) is 22.8 Å². The number of nitrogens with one attached hydrogen (secondary N) is 2. The number of urea groups is 1. The Balaban J connectivity index is 1.24. The van der Waals surface area contributed by atoms with Crippen molar-refractivity contribution >= 4 is 21.6 Å². The quantitative estimate of drug-likeness (QED) is 0.553. The van der Waals surface area contributed by atoms with Crippen LogP contribution in [0.25, 0.3) is 0 Å². The number of hydrogen-bond acceptors (Lipinski definition) is 4. The van der Waals surface area contributed by atoms with Crippen LogP contribution in [0.15, 0.2) is 77.7 Å². The Bertz CT molecular complexity index is 1300. The minimum Gasteiger partial charge on any atom is -0.331 e. The molecule has 0 aromatic heterocycles. The Kier molecular flexibility index (Phi) is 6.15. The van der Waals surface area contributed by atoms with Crippen LogP contribution in [0, 0.1) is 0 Å². The van der Waals surface area contributed by atoms with E-state index < -0.39 is 9.84 Å². The average molecular weight is 476 g/mol. The van der Waals surface area contributed by atoms with E-state index in [0.29, 0.717) is 5.69 Å². The van der Waals surface area contributed by atoms with Gasteiger partial charge in [0.2, 0.25) is 0 Å². The van der Waals surface area contributed by atoms with Crippen molar-refractivity contribution in [2.45, 2.75) is 42.8 Å². The molecule has 2 unspecified atom stereocenters. The van der Waals surface area contributed by atoms with Gasteiger partial charge in [0.15, 0.2) is 9.84 Å². The first kappa shape index (κ1) is 22.6. The van der Waals surface area contributed by atoms with Crippen LogP contribution in [-0.4, -0.2) is 32.1 Å². The fourth-order valence-electron chi connectivity index (χ4n) is 5.12. The normalized spacial score (nSPS) is 19.8. The summed E-state index contributed by atoms with van der Waals surface area (Å²) in [6, 6.07) is 22.2. The molecule has 0 saturated carbocycles. The molecule has 0 saturated heterocycles. The fourth-order valence-corrected chi connectivity index (χ4v) is 6.71. The van der Waals surface area contributed by atoms with Gasteiger partial charge in [-0.1, -0.05) is 48.5 Å². The predicted molar refractivity (Wildman–Crippen MR) is 133 cm³/mol.